The molecular formula is C7H16O2S. The fourth-order valence-corrected chi connectivity index (χ4v) is 0.614. The number of hydrogen-bond donors (Lipinski definition) is 1. The average Bonchev–Trinajstić information content (AvgIpc) is 1.89. The summed E-state index contributed by atoms with van der Waals surface area (Å²) in [6.45, 7) is 4.79. The zero-order valence-corrected chi connectivity index (χ0v) is 7.78. The normalized spacial score (nSPS) is 12.0. The van der Waals surface area contributed by atoms with Gasteiger partial charge in [0.25, 0.3) is 0 Å². The molecule has 0 fully saturated rings. The molecule has 0 heterocycles. The lowest BCUT2D eigenvalue weighted by molar-refractivity contribution is -0.00434. The summed E-state index contributed by atoms with van der Waals surface area (Å²) in [6, 6.07) is 0. The highest BCUT2D eigenvalue weighted by atomic mass is 32.1. The van der Waals surface area contributed by atoms with E-state index in [4.69, 9.17) is 9.47 Å². The summed E-state index contributed by atoms with van der Waals surface area (Å²) in [5.74, 6) is 0.486. The molecule has 0 aromatic rings. The van der Waals surface area contributed by atoms with Crippen LogP contribution in [0.1, 0.15) is 20.3 Å². The van der Waals surface area contributed by atoms with Crippen LogP contribution < -0.4 is 0 Å². The van der Waals surface area contributed by atoms with Gasteiger partial charge in [0.05, 0.1) is 18.1 Å². The zero-order chi connectivity index (χ0) is 8.04. The minimum absolute atomic E-state index is 0.0665. The number of methoxy groups -OCH3 is 1. The zero-order valence-electron chi connectivity index (χ0n) is 6.89. The minimum atomic E-state index is -0.0665. The number of thiol groups is 1. The maximum Gasteiger partial charge on any atom is 0.0892 e. The van der Waals surface area contributed by atoms with Gasteiger partial charge in [-0.2, -0.15) is 12.6 Å². The molecule has 0 N–H and O–H groups in total. The maximum absolute atomic E-state index is 5.18. The SMILES string of the molecule is COC(C)(C)CCOCS. The van der Waals surface area contributed by atoms with Crippen molar-refractivity contribution >= 4 is 12.6 Å². The molecule has 0 radical (unpaired) electrons. The molecule has 10 heavy (non-hydrogen) atoms. The van der Waals surface area contributed by atoms with Crippen LogP contribution in [0.3, 0.4) is 0 Å². The highest BCUT2D eigenvalue weighted by Crippen LogP contribution is 2.12. The number of ether oxygens (including phenoxy) is 2. The largest absolute Gasteiger partial charge is 0.379 e. The van der Waals surface area contributed by atoms with Gasteiger partial charge in [0.15, 0.2) is 0 Å². The molecule has 0 amide bonds. The van der Waals surface area contributed by atoms with E-state index in [0.29, 0.717) is 12.5 Å². The molecule has 0 spiro atoms. The highest BCUT2D eigenvalue weighted by Gasteiger charge is 2.14. The molecule has 0 aliphatic carbocycles. The first-order valence-corrected chi connectivity index (χ1v) is 3.99. The average molecular weight is 164 g/mol. The summed E-state index contributed by atoms with van der Waals surface area (Å²) in [6.07, 6.45) is 0.907. The third-order valence-electron chi connectivity index (χ3n) is 1.49. The second kappa shape index (κ2) is 4.99. The first kappa shape index (κ1) is 10.3. The van der Waals surface area contributed by atoms with Crippen molar-refractivity contribution in [2.45, 2.75) is 25.9 Å². The van der Waals surface area contributed by atoms with Gasteiger partial charge in [-0.15, -0.1) is 0 Å². The molecule has 3 heteroatoms. The van der Waals surface area contributed by atoms with Crippen LogP contribution in [-0.4, -0.2) is 25.3 Å². The van der Waals surface area contributed by atoms with Gasteiger partial charge in [-0.3, -0.25) is 0 Å². The van der Waals surface area contributed by atoms with Crippen molar-refractivity contribution in [3.05, 3.63) is 0 Å². The van der Waals surface area contributed by atoms with Crippen LogP contribution in [0.4, 0.5) is 0 Å². The predicted molar refractivity (Wildman–Crippen MR) is 45.5 cm³/mol. The van der Waals surface area contributed by atoms with Crippen molar-refractivity contribution in [2.75, 3.05) is 19.7 Å². The Labute approximate surface area is 68.3 Å². The Bertz CT molecular complexity index is 83.7. The second-order valence-electron chi connectivity index (χ2n) is 2.75. The van der Waals surface area contributed by atoms with Crippen molar-refractivity contribution < 1.29 is 9.47 Å². The smallest absolute Gasteiger partial charge is 0.0892 e. The molecule has 0 unspecified atom stereocenters. The van der Waals surface area contributed by atoms with Crippen molar-refractivity contribution in [1.82, 2.24) is 0 Å². The van der Waals surface area contributed by atoms with E-state index in [0.717, 1.165) is 6.42 Å². The lowest BCUT2D eigenvalue weighted by atomic mass is 10.1. The molecule has 0 aromatic carbocycles. The molecule has 0 saturated heterocycles. The van der Waals surface area contributed by atoms with Crippen LogP contribution in [0.2, 0.25) is 0 Å². The van der Waals surface area contributed by atoms with Crippen molar-refractivity contribution in [3.8, 4) is 0 Å². The number of rotatable bonds is 5. The summed E-state index contributed by atoms with van der Waals surface area (Å²) < 4.78 is 10.2. The van der Waals surface area contributed by atoms with Crippen molar-refractivity contribution in [2.24, 2.45) is 0 Å². The van der Waals surface area contributed by atoms with E-state index in [-0.39, 0.29) is 5.60 Å². The Morgan fingerprint density at radius 3 is 2.40 bits per heavy atom. The van der Waals surface area contributed by atoms with Gasteiger partial charge < -0.3 is 9.47 Å². The summed E-state index contributed by atoms with van der Waals surface area (Å²) in [7, 11) is 1.71. The van der Waals surface area contributed by atoms with Crippen LogP contribution in [0, 0.1) is 0 Å². The standard InChI is InChI=1S/C7H16O2S/c1-7(2,8-3)4-5-9-6-10/h10H,4-6H2,1-3H3. The van der Waals surface area contributed by atoms with Gasteiger partial charge in [0, 0.05) is 7.11 Å². The van der Waals surface area contributed by atoms with Crippen LogP contribution in [-0.2, 0) is 9.47 Å². The van der Waals surface area contributed by atoms with E-state index < -0.39 is 0 Å². The van der Waals surface area contributed by atoms with Crippen molar-refractivity contribution in [3.63, 3.8) is 0 Å². The Kier molecular flexibility index (Phi) is 5.13. The minimum Gasteiger partial charge on any atom is -0.379 e. The summed E-state index contributed by atoms with van der Waals surface area (Å²) >= 11 is 3.92. The molecule has 0 aliphatic heterocycles. The Hall–Kier alpha value is 0.270. The van der Waals surface area contributed by atoms with E-state index in [2.05, 4.69) is 12.6 Å². The topological polar surface area (TPSA) is 18.5 Å². The van der Waals surface area contributed by atoms with Gasteiger partial charge >= 0.3 is 0 Å². The van der Waals surface area contributed by atoms with E-state index in [1.807, 2.05) is 13.8 Å². The highest BCUT2D eigenvalue weighted by molar-refractivity contribution is 7.80. The molecule has 0 saturated carbocycles. The van der Waals surface area contributed by atoms with E-state index in [1.165, 1.54) is 0 Å². The molecular weight excluding hydrogens is 148 g/mol. The monoisotopic (exact) mass is 164 g/mol. The predicted octanol–water partition coefficient (Wildman–Crippen LogP) is 1.71. The Morgan fingerprint density at radius 2 is 2.00 bits per heavy atom. The second-order valence-corrected chi connectivity index (χ2v) is 3.01. The number of hydrogen-bond acceptors (Lipinski definition) is 3. The van der Waals surface area contributed by atoms with Gasteiger partial charge in [0.1, 0.15) is 0 Å². The third-order valence-corrected chi connectivity index (χ3v) is 1.67. The maximum atomic E-state index is 5.18. The molecule has 2 nitrogen and oxygen atoms in total. The lowest BCUT2D eigenvalue weighted by Crippen LogP contribution is -2.24. The summed E-state index contributed by atoms with van der Waals surface area (Å²) in [5.41, 5.74) is -0.0665. The van der Waals surface area contributed by atoms with E-state index in [9.17, 15) is 0 Å². The fraction of sp³-hybridized carbons (Fsp3) is 1.00. The molecule has 0 aliphatic rings. The molecule has 62 valence electrons. The lowest BCUT2D eigenvalue weighted by Gasteiger charge is -2.22. The Morgan fingerprint density at radius 1 is 1.40 bits per heavy atom. The Balaban J connectivity index is 3.28. The molecule has 0 atom stereocenters. The van der Waals surface area contributed by atoms with Crippen LogP contribution in [0.25, 0.3) is 0 Å². The van der Waals surface area contributed by atoms with Crippen LogP contribution >= 0.6 is 12.6 Å². The quantitative estimate of drug-likeness (QED) is 0.379. The first-order valence-electron chi connectivity index (χ1n) is 3.36. The molecule has 0 aromatic heterocycles. The summed E-state index contributed by atoms with van der Waals surface area (Å²) in [4.78, 5) is 0. The molecule has 0 rings (SSSR count). The van der Waals surface area contributed by atoms with E-state index in [1.54, 1.807) is 7.11 Å². The first-order chi connectivity index (χ1) is 4.62. The van der Waals surface area contributed by atoms with E-state index >= 15 is 0 Å². The van der Waals surface area contributed by atoms with Gasteiger partial charge in [0.2, 0.25) is 0 Å². The summed E-state index contributed by atoms with van der Waals surface area (Å²) in [5, 5.41) is 0. The van der Waals surface area contributed by atoms with Gasteiger partial charge in [-0.1, -0.05) is 0 Å². The van der Waals surface area contributed by atoms with Gasteiger partial charge in [-0.05, 0) is 20.3 Å². The third kappa shape index (κ3) is 5.09. The fourth-order valence-electron chi connectivity index (χ4n) is 0.485. The van der Waals surface area contributed by atoms with Crippen LogP contribution in [0.5, 0.6) is 0 Å². The van der Waals surface area contributed by atoms with Crippen molar-refractivity contribution in [1.29, 1.82) is 0 Å². The molecule has 0 bridgehead atoms. The van der Waals surface area contributed by atoms with Gasteiger partial charge in [-0.25, -0.2) is 0 Å². The van der Waals surface area contributed by atoms with Crippen LogP contribution in [0.15, 0.2) is 0 Å².